The maximum Gasteiger partial charge on any atom is 0.226 e. The highest BCUT2D eigenvalue weighted by molar-refractivity contribution is 9.10. The number of amides is 1. The molecule has 5 rings (SSSR count). The molecule has 1 aliphatic heterocycles. The number of carbonyl (C=O) groups is 1. The Kier molecular flexibility index (Phi) is 4.17. The molecule has 0 unspecified atom stereocenters. The number of anilines is 1. The molecule has 0 saturated carbocycles. The molecular weight excluding hydrogens is 440 g/mol. The third kappa shape index (κ3) is 2.80. The third-order valence-corrected chi connectivity index (χ3v) is 6.49. The predicted molar refractivity (Wildman–Crippen MR) is 113 cm³/mol. The molecule has 0 spiro atoms. The third-order valence-electron chi connectivity index (χ3n) is 4.86. The summed E-state index contributed by atoms with van der Waals surface area (Å²) in [5, 5.41) is 8.26. The molecule has 0 saturated heterocycles. The average molecular weight is 455 g/mol. The maximum absolute atomic E-state index is 12.5. The zero-order valence-corrected chi connectivity index (χ0v) is 17.3. The number of ether oxygens (including phenoxy) is 1. The van der Waals surface area contributed by atoms with Gasteiger partial charge in [-0.05, 0) is 45.8 Å². The monoisotopic (exact) mass is 454 g/mol. The van der Waals surface area contributed by atoms with Crippen molar-refractivity contribution < 1.29 is 9.53 Å². The number of halogens is 1. The van der Waals surface area contributed by atoms with Gasteiger partial charge in [0.05, 0.1) is 28.0 Å². The van der Waals surface area contributed by atoms with Crippen molar-refractivity contribution in [2.45, 2.75) is 12.3 Å². The summed E-state index contributed by atoms with van der Waals surface area (Å²) in [5.41, 5.74) is 2.94. The lowest BCUT2D eigenvalue weighted by Crippen LogP contribution is -2.24. The molecule has 2 aromatic carbocycles. The smallest absolute Gasteiger partial charge is 0.226 e. The summed E-state index contributed by atoms with van der Waals surface area (Å²) < 4.78 is 8.99. The van der Waals surface area contributed by atoms with Crippen LogP contribution < -0.4 is 10.1 Å². The predicted octanol–water partition coefficient (Wildman–Crippen LogP) is 4.73. The van der Waals surface area contributed by atoms with E-state index in [1.807, 2.05) is 48.7 Å². The van der Waals surface area contributed by atoms with E-state index in [0.29, 0.717) is 12.2 Å². The Morgan fingerprint density at radius 3 is 2.93 bits per heavy atom. The number of nitrogens with zero attached hydrogens (tertiary/aromatic N) is 3. The molecule has 0 radical (unpaired) electrons. The Hall–Kier alpha value is -2.71. The highest BCUT2D eigenvalue weighted by Crippen LogP contribution is 2.40. The van der Waals surface area contributed by atoms with E-state index < -0.39 is 0 Å². The van der Waals surface area contributed by atoms with Crippen molar-refractivity contribution in [2.75, 3.05) is 12.4 Å². The number of aromatic nitrogens is 3. The van der Waals surface area contributed by atoms with Crippen LogP contribution in [0.15, 0.2) is 53.1 Å². The van der Waals surface area contributed by atoms with Gasteiger partial charge in [0.1, 0.15) is 11.6 Å². The number of methoxy groups -OCH3 is 1. The van der Waals surface area contributed by atoms with Crippen LogP contribution in [-0.2, 0) is 4.79 Å². The van der Waals surface area contributed by atoms with Crippen molar-refractivity contribution in [1.29, 1.82) is 0 Å². The zero-order valence-electron chi connectivity index (χ0n) is 14.8. The fourth-order valence-corrected chi connectivity index (χ4v) is 5.00. The van der Waals surface area contributed by atoms with Gasteiger partial charge in [0.25, 0.3) is 0 Å². The molecule has 28 heavy (non-hydrogen) atoms. The topological polar surface area (TPSA) is 69.0 Å². The van der Waals surface area contributed by atoms with Crippen LogP contribution in [0.25, 0.3) is 15.3 Å². The summed E-state index contributed by atoms with van der Waals surface area (Å²) in [6, 6.07) is 13.9. The SMILES string of the molecule is COc1ccc([C@@H]2CC(=O)Nc3c2cnn3-c2nc3ccccc3s2)cc1Br. The van der Waals surface area contributed by atoms with Crippen LogP contribution in [0.5, 0.6) is 5.75 Å². The first-order chi connectivity index (χ1) is 13.6. The van der Waals surface area contributed by atoms with Crippen molar-refractivity contribution >= 4 is 49.2 Å². The molecule has 0 aliphatic carbocycles. The number of fused-ring (bicyclic) bond motifs is 2. The number of para-hydroxylation sites is 1. The van der Waals surface area contributed by atoms with E-state index in [1.54, 1.807) is 23.1 Å². The largest absolute Gasteiger partial charge is 0.496 e. The highest BCUT2D eigenvalue weighted by atomic mass is 79.9. The van der Waals surface area contributed by atoms with Crippen molar-refractivity contribution in [3.05, 3.63) is 64.3 Å². The first-order valence-electron chi connectivity index (χ1n) is 8.71. The van der Waals surface area contributed by atoms with Crippen LogP contribution in [0.1, 0.15) is 23.5 Å². The highest BCUT2D eigenvalue weighted by Gasteiger charge is 2.31. The Morgan fingerprint density at radius 2 is 2.14 bits per heavy atom. The first-order valence-corrected chi connectivity index (χ1v) is 10.3. The van der Waals surface area contributed by atoms with Crippen LogP contribution in [-0.4, -0.2) is 27.8 Å². The van der Waals surface area contributed by atoms with E-state index in [2.05, 4.69) is 31.3 Å². The summed E-state index contributed by atoms with van der Waals surface area (Å²) in [6.07, 6.45) is 2.20. The standard InChI is InChI=1S/C20H15BrN4O2S/c1-27-16-7-6-11(8-14(16)21)12-9-18(26)24-19-13(12)10-22-25(19)20-23-15-4-2-3-5-17(15)28-20/h2-8,10,12H,9H2,1H3,(H,24,26)/t12-/m0/s1. The summed E-state index contributed by atoms with van der Waals surface area (Å²) in [5.74, 6) is 1.34. The van der Waals surface area contributed by atoms with Crippen molar-refractivity contribution in [3.8, 4) is 10.9 Å². The van der Waals surface area contributed by atoms with E-state index in [0.717, 1.165) is 36.7 Å². The molecule has 2 aromatic heterocycles. The van der Waals surface area contributed by atoms with E-state index in [-0.39, 0.29) is 11.8 Å². The lowest BCUT2D eigenvalue weighted by Gasteiger charge is -2.23. The maximum atomic E-state index is 12.5. The van der Waals surface area contributed by atoms with Gasteiger partial charge in [0.15, 0.2) is 0 Å². The summed E-state index contributed by atoms with van der Waals surface area (Å²) >= 11 is 5.08. The molecule has 1 aliphatic rings. The lowest BCUT2D eigenvalue weighted by atomic mass is 9.87. The molecule has 6 nitrogen and oxygen atoms in total. The van der Waals surface area contributed by atoms with Crippen LogP contribution in [0, 0.1) is 0 Å². The number of thiazole rings is 1. The molecule has 8 heteroatoms. The minimum atomic E-state index is -0.0749. The normalized spacial score (nSPS) is 16.1. The fourth-order valence-electron chi connectivity index (χ4n) is 3.51. The number of hydrogen-bond acceptors (Lipinski definition) is 5. The molecule has 1 atom stereocenters. The van der Waals surface area contributed by atoms with E-state index >= 15 is 0 Å². The second kappa shape index (κ2) is 6.72. The molecule has 0 bridgehead atoms. The number of carbonyl (C=O) groups excluding carboxylic acids is 1. The Bertz CT molecular complexity index is 1180. The van der Waals surface area contributed by atoms with Gasteiger partial charge >= 0.3 is 0 Å². The molecule has 140 valence electrons. The van der Waals surface area contributed by atoms with Gasteiger partial charge in [-0.3, -0.25) is 4.79 Å². The minimum Gasteiger partial charge on any atom is -0.496 e. The van der Waals surface area contributed by atoms with Gasteiger partial charge in [-0.1, -0.05) is 29.5 Å². The van der Waals surface area contributed by atoms with Gasteiger partial charge < -0.3 is 10.1 Å². The van der Waals surface area contributed by atoms with Crippen LogP contribution in [0.3, 0.4) is 0 Å². The molecular formula is C20H15BrN4O2S. The summed E-state index contributed by atoms with van der Waals surface area (Å²) in [7, 11) is 1.63. The second-order valence-corrected chi connectivity index (χ2v) is 8.39. The molecule has 4 aromatic rings. The molecule has 1 N–H and O–H groups in total. The Balaban J connectivity index is 1.60. The molecule has 3 heterocycles. The van der Waals surface area contributed by atoms with Crippen LogP contribution >= 0.6 is 27.3 Å². The lowest BCUT2D eigenvalue weighted by molar-refractivity contribution is -0.116. The molecule has 0 fully saturated rings. The zero-order chi connectivity index (χ0) is 19.3. The van der Waals surface area contributed by atoms with Gasteiger partial charge in [-0.15, -0.1) is 0 Å². The number of hydrogen-bond donors (Lipinski definition) is 1. The Morgan fingerprint density at radius 1 is 1.29 bits per heavy atom. The van der Waals surface area contributed by atoms with Gasteiger partial charge in [-0.25, -0.2) is 4.98 Å². The fraction of sp³-hybridized carbons (Fsp3) is 0.150. The first kappa shape index (κ1) is 17.4. The van der Waals surface area contributed by atoms with Crippen molar-refractivity contribution in [1.82, 2.24) is 14.8 Å². The Labute approximate surface area is 173 Å². The van der Waals surface area contributed by atoms with Crippen molar-refractivity contribution in [3.63, 3.8) is 0 Å². The van der Waals surface area contributed by atoms with Crippen LogP contribution in [0.2, 0.25) is 0 Å². The average Bonchev–Trinajstić information content (AvgIpc) is 3.30. The summed E-state index contributed by atoms with van der Waals surface area (Å²) in [4.78, 5) is 17.1. The van der Waals surface area contributed by atoms with Gasteiger partial charge in [0, 0.05) is 17.9 Å². The van der Waals surface area contributed by atoms with Gasteiger partial charge in [-0.2, -0.15) is 9.78 Å². The number of rotatable bonds is 3. The number of benzene rings is 2. The van der Waals surface area contributed by atoms with Crippen LogP contribution in [0.4, 0.5) is 5.82 Å². The van der Waals surface area contributed by atoms with E-state index in [1.165, 1.54) is 0 Å². The van der Waals surface area contributed by atoms with Gasteiger partial charge in [0.2, 0.25) is 11.0 Å². The number of nitrogens with one attached hydrogen (secondary N) is 1. The quantitative estimate of drug-likeness (QED) is 0.485. The van der Waals surface area contributed by atoms with E-state index in [9.17, 15) is 4.79 Å². The second-order valence-electron chi connectivity index (χ2n) is 6.52. The minimum absolute atomic E-state index is 0.0349. The van der Waals surface area contributed by atoms with E-state index in [4.69, 9.17) is 4.74 Å². The summed E-state index contributed by atoms with van der Waals surface area (Å²) in [6.45, 7) is 0. The van der Waals surface area contributed by atoms with Crippen molar-refractivity contribution in [2.24, 2.45) is 0 Å². The molecule has 1 amide bonds.